The molecule has 0 aromatic heterocycles. The average molecular weight is 350 g/mol. The molecule has 0 aliphatic carbocycles. The maximum Gasteiger partial charge on any atom is 0.347 e. The molecule has 0 aromatic rings. The normalized spacial score (nSPS) is 14.5. The van der Waals surface area contributed by atoms with Gasteiger partial charge in [-0.1, -0.05) is 6.08 Å². The molecule has 134 valence electrons. The lowest BCUT2D eigenvalue weighted by molar-refractivity contribution is -0.146. The van der Waals surface area contributed by atoms with Crippen LogP contribution >= 0.6 is 7.60 Å². The van der Waals surface area contributed by atoms with Gasteiger partial charge in [0.25, 0.3) is 0 Å². The second kappa shape index (κ2) is 10.6. The Morgan fingerprint density at radius 3 is 1.91 bits per heavy atom. The van der Waals surface area contributed by atoms with Gasteiger partial charge in [0.05, 0.1) is 26.4 Å². The molecule has 8 heteroatoms. The van der Waals surface area contributed by atoms with Gasteiger partial charge >= 0.3 is 19.5 Å². The van der Waals surface area contributed by atoms with E-state index >= 15 is 0 Å². The molecule has 0 N–H and O–H groups in total. The molecule has 0 saturated carbocycles. The van der Waals surface area contributed by atoms with Gasteiger partial charge in [-0.05, 0) is 41.0 Å². The lowest BCUT2D eigenvalue weighted by Crippen LogP contribution is -2.38. The van der Waals surface area contributed by atoms with Gasteiger partial charge in [-0.3, -0.25) is 9.36 Å². The summed E-state index contributed by atoms with van der Waals surface area (Å²) in [5.41, 5.74) is 0. The van der Waals surface area contributed by atoms with Crippen molar-refractivity contribution in [3.63, 3.8) is 0 Å². The topological polar surface area (TPSA) is 88.1 Å². The fourth-order valence-corrected chi connectivity index (χ4v) is 3.77. The van der Waals surface area contributed by atoms with E-state index in [0.29, 0.717) is 0 Å². The molecule has 0 fully saturated rings. The largest absolute Gasteiger partial charge is 0.465 e. The zero-order chi connectivity index (χ0) is 17.9. The molecule has 0 spiro atoms. The summed E-state index contributed by atoms with van der Waals surface area (Å²) in [6.45, 7) is 8.72. The van der Waals surface area contributed by atoms with Crippen LogP contribution in [0.4, 0.5) is 0 Å². The lowest BCUT2D eigenvalue weighted by atomic mass is 10.1. The highest BCUT2D eigenvalue weighted by Gasteiger charge is 2.53. The lowest BCUT2D eigenvalue weighted by Gasteiger charge is -2.32. The fourth-order valence-electron chi connectivity index (χ4n) is 1.83. The maximum absolute atomic E-state index is 13.1. The van der Waals surface area contributed by atoms with E-state index in [4.69, 9.17) is 18.5 Å². The maximum atomic E-state index is 13.1. The van der Waals surface area contributed by atoms with Crippen molar-refractivity contribution in [2.45, 2.75) is 46.2 Å². The molecular formula is C15H27O7P. The number of hydrogen-bond acceptors (Lipinski definition) is 7. The molecule has 0 radical (unpaired) electrons. The monoisotopic (exact) mass is 350 g/mol. The molecule has 7 nitrogen and oxygen atoms in total. The fraction of sp³-hybridized carbons (Fsp3) is 0.733. The summed E-state index contributed by atoms with van der Waals surface area (Å²) in [6.07, 6.45) is 2.56. The van der Waals surface area contributed by atoms with Gasteiger partial charge in [0.1, 0.15) is 0 Å². The summed E-state index contributed by atoms with van der Waals surface area (Å²) in [4.78, 5) is 23.7. The first-order valence-corrected chi connectivity index (χ1v) is 9.25. The minimum atomic E-state index is -3.78. The average Bonchev–Trinajstić information content (AvgIpc) is 2.47. The third-order valence-corrected chi connectivity index (χ3v) is 5.74. The van der Waals surface area contributed by atoms with Crippen molar-refractivity contribution in [3.05, 3.63) is 12.2 Å². The van der Waals surface area contributed by atoms with Crippen LogP contribution in [-0.2, 0) is 32.7 Å². The van der Waals surface area contributed by atoms with Crippen LogP contribution in [-0.4, -0.2) is 43.5 Å². The molecule has 0 rings (SSSR count). The van der Waals surface area contributed by atoms with Gasteiger partial charge in [0.2, 0.25) is 0 Å². The number of ether oxygens (including phenoxy) is 2. The molecule has 0 amide bonds. The Hall–Kier alpha value is -1.17. The number of allylic oxidation sites excluding steroid dienone is 1. The number of esters is 2. The van der Waals surface area contributed by atoms with Gasteiger partial charge in [-0.25, -0.2) is 4.79 Å². The van der Waals surface area contributed by atoms with E-state index in [1.165, 1.54) is 19.1 Å². The van der Waals surface area contributed by atoms with Crippen molar-refractivity contribution in [1.82, 2.24) is 0 Å². The van der Waals surface area contributed by atoms with Crippen LogP contribution in [0.5, 0.6) is 0 Å². The van der Waals surface area contributed by atoms with E-state index in [9.17, 15) is 14.2 Å². The molecule has 0 aromatic carbocycles. The number of carbonyl (C=O) groups is 2. The van der Waals surface area contributed by atoms with Crippen molar-refractivity contribution < 1.29 is 32.7 Å². The summed E-state index contributed by atoms with van der Waals surface area (Å²) in [7, 11) is -3.78. The predicted molar refractivity (Wildman–Crippen MR) is 86.3 cm³/mol. The molecule has 0 heterocycles. The van der Waals surface area contributed by atoms with Crippen LogP contribution in [0.1, 0.15) is 41.0 Å². The smallest absolute Gasteiger partial charge is 0.347 e. The van der Waals surface area contributed by atoms with E-state index in [2.05, 4.69) is 0 Å². The van der Waals surface area contributed by atoms with Crippen LogP contribution in [0.2, 0.25) is 0 Å². The molecular weight excluding hydrogens is 323 g/mol. The Balaban J connectivity index is 5.50. The van der Waals surface area contributed by atoms with Crippen LogP contribution in [0.3, 0.4) is 0 Å². The quantitative estimate of drug-likeness (QED) is 0.321. The van der Waals surface area contributed by atoms with Crippen LogP contribution in [0, 0.1) is 0 Å². The summed E-state index contributed by atoms with van der Waals surface area (Å²) in [5.74, 6) is -1.24. The minimum absolute atomic E-state index is 0.0398. The predicted octanol–water partition coefficient (Wildman–Crippen LogP) is 3.08. The number of carbonyl (C=O) groups excluding carboxylic acids is 2. The van der Waals surface area contributed by atoms with Gasteiger partial charge in [0.15, 0.2) is 5.16 Å². The van der Waals surface area contributed by atoms with Crippen LogP contribution < -0.4 is 0 Å². The molecule has 23 heavy (non-hydrogen) atoms. The van der Waals surface area contributed by atoms with Gasteiger partial charge in [0, 0.05) is 6.08 Å². The Morgan fingerprint density at radius 1 is 0.957 bits per heavy atom. The van der Waals surface area contributed by atoms with Crippen molar-refractivity contribution in [2.24, 2.45) is 0 Å². The third-order valence-electron chi connectivity index (χ3n) is 2.97. The van der Waals surface area contributed by atoms with E-state index in [1.54, 1.807) is 27.7 Å². The molecule has 1 unspecified atom stereocenters. The van der Waals surface area contributed by atoms with Crippen molar-refractivity contribution in [2.75, 3.05) is 26.4 Å². The first-order chi connectivity index (χ1) is 10.8. The standard InChI is InChI=1S/C15H27O7P/c1-6-19-13(16)11-10-12-15(5,14(17)20-7-2)23(18,21-8-3)22-9-4/h10-11H,6-9,12H2,1-5H3. The number of hydrogen-bond donors (Lipinski definition) is 0. The molecule has 0 saturated heterocycles. The first kappa shape index (κ1) is 21.8. The van der Waals surface area contributed by atoms with Crippen molar-refractivity contribution >= 4 is 19.5 Å². The van der Waals surface area contributed by atoms with Crippen LogP contribution in [0.15, 0.2) is 12.2 Å². The first-order valence-electron chi connectivity index (χ1n) is 7.70. The summed E-state index contributed by atoms with van der Waals surface area (Å²) in [6, 6.07) is 0. The SMILES string of the molecule is CCOC(=O)C=CCC(C)(C(=O)OCC)P(=O)(OCC)OCC. The molecule has 0 aliphatic heterocycles. The Labute approximate surface area is 137 Å². The highest BCUT2D eigenvalue weighted by atomic mass is 31.2. The van der Waals surface area contributed by atoms with Crippen LogP contribution in [0.25, 0.3) is 0 Å². The Bertz CT molecular complexity index is 451. The summed E-state index contributed by atoms with van der Waals surface area (Å²) in [5, 5.41) is -1.54. The molecule has 0 bridgehead atoms. The molecule has 1 atom stereocenters. The zero-order valence-electron chi connectivity index (χ0n) is 14.5. The van der Waals surface area contributed by atoms with E-state index in [1.807, 2.05) is 0 Å². The van der Waals surface area contributed by atoms with Gasteiger partial charge in [-0.2, -0.15) is 0 Å². The Morgan fingerprint density at radius 2 is 1.48 bits per heavy atom. The van der Waals surface area contributed by atoms with Crippen molar-refractivity contribution in [3.8, 4) is 0 Å². The second-order valence-corrected chi connectivity index (χ2v) is 7.18. The highest BCUT2D eigenvalue weighted by molar-refractivity contribution is 7.56. The minimum Gasteiger partial charge on any atom is -0.465 e. The van der Waals surface area contributed by atoms with E-state index in [0.717, 1.165) is 0 Å². The number of rotatable bonds is 11. The Kier molecular flexibility index (Phi) is 10.0. The van der Waals surface area contributed by atoms with Crippen molar-refractivity contribution in [1.29, 1.82) is 0 Å². The van der Waals surface area contributed by atoms with Gasteiger partial charge in [-0.15, -0.1) is 0 Å². The molecule has 0 aliphatic rings. The summed E-state index contributed by atoms with van der Waals surface area (Å²) >= 11 is 0. The highest BCUT2D eigenvalue weighted by Crippen LogP contribution is 2.62. The zero-order valence-corrected chi connectivity index (χ0v) is 15.4. The second-order valence-electron chi connectivity index (χ2n) is 4.69. The summed E-state index contributed by atoms with van der Waals surface area (Å²) < 4.78 is 33.4. The van der Waals surface area contributed by atoms with E-state index in [-0.39, 0.29) is 32.8 Å². The van der Waals surface area contributed by atoms with E-state index < -0.39 is 24.7 Å². The van der Waals surface area contributed by atoms with Gasteiger partial charge < -0.3 is 18.5 Å². The third kappa shape index (κ3) is 6.09.